The Labute approximate surface area is 108 Å². The first-order chi connectivity index (χ1) is 8.81. The number of nitrogens with zero attached hydrogens (tertiary/aromatic N) is 1. The van der Waals surface area contributed by atoms with Crippen LogP contribution in [0.3, 0.4) is 0 Å². The summed E-state index contributed by atoms with van der Waals surface area (Å²) < 4.78 is 35.8. The molecule has 0 heterocycles. The lowest BCUT2D eigenvalue weighted by atomic mass is 10.1. The fourth-order valence-corrected chi connectivity index (χ4v) is 1.72. The Morgan fingerprint density at radius 3 is 2.58 bits per heavy atom. The Balaban J connectivity index is 2.50. The molecule has 1 aromatic carbocycles. The van der Waals surface area contributed by atoms with Crippen molar-refractivity contribution >= 4 is 11.4 Å². The molecule has 4 nitrogen and oxygen atoms in total. The number of hydrogen-bond acceptors (Lipinski definition) is 3. The van der Waals surface area contributed by atoms with Crippen LogP contribution in [0, 0.1) is 17.0 Å². The van der Waals surface area contributed by atoms with Crippen molar-refractivity contribution in [2.24, 2.45) is 0 Å². The second-order valence-electron chi connectivity index (χ2n) is 4.23. The van der Waals surface area contributed by atoms with Gasteiger partial charge in [0.1, 0.15) is 5.69 Å². The second-order valence-corrected chi connectivity index (χ2v) is 4.23. The van der Waals surface area contributed by atoms with Gasteiger partial charge in [-0.15, -0.1) is 0 Å². The SMILES string of the molecule is Cc1cccc(NCCCCC(F)(F)F)c1[N+](=O)[O-]. The molecule has 0 unspecified atom stereocenters. The average molecular weight is 276 g/mol. The maximum Gasteiger partial charge on any atom is 0.389 e. The quantitative estimate of drug-likeness (QED) is 0.484. The molecule has 106 valence electrons. The van der Waals surface area contributed by atoms with Crippen molar-refractivity contribution in [2.75, 3.05) is 11.9 Å². The van der Waals surface area contributed by atoms with Crippen LogP contribution in [0.2, 0.25) is 0 Å². The second kappa shape index (κ2) is 6.40. The zero-order valence-electron chi connectivity index (χ0n) is 10.5. The number of benzene rings is 1. The van der Waals surface area contributed by atoms with Crippen LogP contribution < -0.4 is 5.32 Å². The molecule has 1 rings (SSSR count). The van der Waals surface area contributed by atoms with Crippen LogP contribution >= 0.6 is 0 Å². The van der Waals surface area contributed by atoms with E-state index in [9.17, 15) is 23.3 Å². The molecular weight excluding hydrogens is 261 g/mol. The fraction of sp³-hybridized carbons (Fsp3) is 0.500. The Bertz CT molecular complexity index is 447. The van der Waals surface area contributed by atoms with Crippen LogP contribution in [0.15, 0.2) is 18.2 Å². The molecule has 0 aromatic heterocycles. The van der Waals surface area contributed by atoms with Crippen molar-refractivity contribution in [3.8, 4) is 0 Å². The van der Waals surface area contributed by atoms with Crippen LogP contribution in [0.25, 0.3) is 0 Å². The third kappa shape index (κ3) is 5.15. The Kier molecular flexibility index (Phi) is 5.14. The lowest BCUT2D eigenvalue weighted by Crippen LogP contribution is -2.09. The number of nitro groups is 1. The van der Waals surface area contributed by atoms with Crippen LogP contribution in [0.5, 0.6) is 0 Å². The molecule has 0 saturated heterocycles. The van der Waals surface area contributed by atoms with E-state index in [4.69, 9.17) is 0 Å². The molecule has 0 aliphatic rings. The number of aryl methyl sites for hydroxylation is 1. The Morgan fingerprint density at radius 1 is 1.32 bits per heavy atom. The van der Waals surface area contributed by atoms with Crippen LogP contribution in [0.1, 0.15) is 24.8 Å². The molecule has 7 heteroatoms. The van der Waals surface area contributed by atoms with E-state index in [1.54, 1.807) is 25.1 Å². The molecule has 0 atom stereocenters. The first-order valence-corrected chi connectivity index (χ1v) is 5.86. The minimum Gasteiger partial charge on any atom is -0.379 e. The predicted octanol–water partition coefficient (Wildman–Crippen LogP) is 4.05. The number of unbranched alkanes of at least 4 members (excludes halogenated alkanes) is 1. The fourth-order valence-electron chi connectivity index (χ4n) is 1.72. The molecule has 0 radical (unpaired) electrons. The van der Waals surface area contributed by atoms with Gasteiger partial charge in [-0.05, 0) is 25.8 Å². The van der Waals surface area contributed by atoms with Crippen molar-refractivity contribution in [1.29, 1.82) is 0 Å². The summed E-state index contributed by atoms with van der Waals surface area (Å²) in [6.07, 6.45) is -4.65. The molecule has 0 saturated carbocycles. The summed E-state index contributed by atoms with van der Waals surface area (Å²) >= 11 is 0. The summed E-state index contributed by atoms with van der Waals surface area (Å²) in [5.41, 5.74) is 0.834. The van der Waals surface area contributed by atoms with Gasteiger partial charge in [0.15, 0.2) is 0 Å². The van der Waals surface area contributed by atoms with Crippen molar-refractivity contribution in [3.63, 3.8) is 0 Å². The van der Waals surface area contributed by atoms with Gasteiger partial charge in [0.25, 0.3) is 5.69 Å². The van der Waals surface area contributed by atoms with Crippen molar-refractivity contribution < 1.29 is 18.1 Å². The molecule has 0 fully saturated rings. The third-order valence-electron chi connectivity index (χ3n) is 2.62. The van der Waals surface area contributed by atoms with Gasteiger partial charge in [-0.1, -0.05) is 12.1 Å². The van der Waals surface area contributed by atoms with Crippen LogP contribution in [-0.4, -0.2) is 17.6 Å². The molecule has 0 aliphatic carbocycles. The zero-order valence-corrected chi connectivity index (χ0v) is 10.5. The van der Waals surface area contributed by atoms with Gasteiger partial charge in [0, 0.05) is 18.5 Å². The van der Waals surface area contributed by atoms with Gasteiger partial charge >= 0.3 is 6.18 Å². The third-order valence-corrected chi connectivity index (χ3v) is 2.62. The Hall–Kier alpha value is -1.79. The summed E-state index contributed by atoms with van der Waals surface area (Å²) in [5.74, 6) is 0. The maximum absolute atomic E-state index is 11.9. The number of nitrogens with one attached hydrogen (secondary N) is 1. The minimum atomic E-state index is -4.14. The molecule has 0 amide bonds. The van der Waals surface area contributed by atoms with Gasteiger partial charge in [-0.2, -0.15) is 13.2 Å². The summed E-state index contributed by atoms with van der Waals surface area (Å²) in [7, 11) is 0. The lowest BCUT2D eigenvalue weighted by Gasteiger charge is -2.09. The van der Waals surface area contributed by atoms with Crippen LogP contribution in [-0.2, 0) is 0 Å². The molecule has 0 aliphatic heterocycles. The van der Waals surface area contributed by atoms with E-state index in [-0.39, 0.29) is 18.7 Å². The standard InChI is InChI=1S/C12H15F3N2O2/c1-9-5-4-6-10(11(9)17(18)19)16-8-3-2-7-12(13,14)15/h4-6,16H,2-3,7-8H2,1H3. The Morgan fingerprint density at radius 2 is 2.00 bits per heavy atom. The lowest BCUT2D eigenvalue weighted by molar-refractivity contribution is -0.384. The molecule has 0 bridgehead atoms. The maximum atomic E-state index is 11.9. The van der Waals surface area contributed by atoms with E-state index in [1.807, 2.05) is 0 Å². The number of rotatable bonds is 6. The first-order valence-electron chi connectivity index (χ1n) is 5.86. The number of hydrogen-bond donors (Lipinski definition) is 1. The van der Waals surface area contributed by atoms with E-state index in [1.165, 1.54) is 0 Å². The number of alkyl halides is 3. The number of nitro benzene ring substituents is 1. The van der Waals surface area contributed by atoms with Crippen molar-refractivity contribution in [2.45, 2.75) is 32.4 Å². The number of halogens is 3. The van der Waals surface area contributed by atoms with Gasteiger partial charge in [-0.3, -0.25) is 10.1 Å². The normalized spacial score (nSPS) is 11.4. The summed E-state index contributed by atoms with van der Waals surface area (Å²) in [5, 5.41) is 13.7. The van der Waals surface area contributed by atoms with E-state index in [2.05, 4.69) is 5.32 Å². The van der Waals surface area contributed by atoms with E-state index >= 15 is 0 Å². The molecule has 1 N–H and O–H groups in total. The number of para-hydroxylation sites is 1. The summed E-state index contributed by atoms with van der Waals surface area (Å²) in [4.78, 5) is 10.4. The van der Waals surface area contributed by atoms with E-state index in [0.717, 1.165) is 0 Å². The highest BCUT2D eigenvalue weighted by molar-refractivity contribution is 5.64. The number of anilines is 1. The molecule has 1 aromatic rings. The van der Waals surface area contributed by atoms with Gasteiger partial charge < -0.3 is 5.32 Å². The van der Waals surface area contributed by atoms with E-state index in [0.29, 0.717) is 17.7 Å². The highest BCUT2D eigenvalue weighted by Crippen LogP contribution is 2.28. The zero-order chi connectivity index (χ0) is 14.5. The summed E-state index contributed by atoms with van der Waals surface area (Å²) in [6.45, 7) is 1.90. The largest absolute Gasteiger partial charge is 0.389 e. The topological polar surface area (TPSA) is 55.2 Å². The van der Waals surface area contributed by atoms with Crippen molar-refractivity contribution in [1.82, 2.24) is 0 Å². The van der Waals surface area contributed by atoms with Crippen LogP contribution in [0.4, 0.5) is 24.5 Å². The first kappa shape index (κ1) is 15.3. The monoisotopic (exact) mass is 276 g/mol. The van der Waals surface area contributed by atoms with Gasteiger partial charge in [0.05, 0.1) is 4.92 Å². The van der Waals surface area contributed by atoms with Gasteiger partial charge in [0.2, 0.25) is 0 Å². The van der Waals surface area contributed by atoms with E-state index < -0.39 is 17.5 Å². The summed E-state index contributed by atoms with van der Waals surface area (Å²) in [6, 6.07) is 4.84. The highest BCUT2D eigenvalue weighted by Gasteiger charge is 2.25. The molecular formula is C12H15F3N2O2. The highest BCUT2D eigenvalue weighted by atomic mass is 19.4. The molecule has 19 heavy (non-hydrogen) atoms. The van der Waals surface area contributed by atoms with Crippen molar-refractivity contribution in [3.05, 3.63) is 33.9 Å². The molecule has 0 spiro atoms. The minimum absolute atomic E-state index is 0.0100. The smallest absolute Gasteiger partial charge is 0.379 e. The van der Waals surface area contributed by atoms with Gasteiger partial charge in [-0.25, -0.2) is 0 Å². The predicted molar refractivity (Wildman–Crippen MR) is 66.2 cm³/mol. The average Bonchev–Trinajstić information content (AvgIpc) is 2.26.